The van der Waals surface area contributed by atoms with Crippen molar-refractivity contribution < 1.29 is 19.1 Å². The molecule has 0 aliphatic carbocycles. The summed E-state index contributed by atoms with van der Waals surface area (Å²) in [6, 6.07) is 7.64. The van der Waals surface area contributed by atoms with Crippen LogP contribution in [0.3, 0.4) is 0 Å². The summed E-state index contributed by atoms with van der Waals surface area (Å²) in [7, 11) is 0. The van der Waals surface area contributed by atoms with Crippen LogP contribution in [-0.2, 0) is 14.4 Å². The maximum Gasteiger partial charge on any atom is 0.334 e. The second kappa shape index (κ2) is 5.48. The highest BCUT2D eigenvalue weighted by atomic mass is 16.5. The van der Waals surface area contributed by atoms with Crippen LogP contribution in [-0.4, -0.2) is 28.7 Å². The quantitative estimate of drug-likeness (QED) is 0.464. The van der Waals surface area contributed by atoms with Gasteiger partial charge in [-0.1, -0.05) is 25.1 Å². The Bertz CT molecular complexity index is 518. The summed E-state index contributed by atoms with van der Waals surface area (Å²) in [5.74, 6) is -1.19. The molecule has 1 unspecified atom stereocenters. The first-order valence-electron chi connectivity index (χ1n) is 5.95. The van der Waals surface area contributed by atoms with Crippen LogP contribution in [0.15, 0.2) is 42.5 Å². The predicted molar refractivity (Wildman–Crippen MR) is 67.1 cm³/mol. The van der Waals surface area contributed by atoms with E-state index in [-0.39, 0.29) is 0 Å². The Labute approximate surface area is 110 Å². The van der Waals surface area contributed by atoms with Crippen LogP contribution < -0.4 is 4.74 Å². The normalized spacial score (nSPS) is 15.7. The van der Waals surface area contributed by atoms with Crippen molar-refractivity contribution in [3.05, 3.63) is 42.5 Å². The highest BCUT2D eigenvalue weighted by Gasteiger charge is 2.35. The molecule has 0 saturated carbocycles. The van der Waals surface area contributed by atoms with Gasteiger partial charge < -0.3 is 4.74 Å². The molecule has 2 amide bonds. The zero-order valence-electron chi connectivity index (χ0n) is 10.4. The van der Waals surface area contributed by atoms with E-state index in [0.717, 1.165) is 17.1 Å². The van der Waals surface area contributed by atoms with Gasteiger partial charge in [-0.3, -0.25) is 14.5 Å². The molecule has 98 valence electrons. The molecule has 0 saturated heterocycles. The lowest BCUT2D eigenvalue weighted by atomic mass is 10.2. The fourth-order valence-electron chi connectivity index (χ4n) is 1.85. The van der Waals surface area contributed by atoms with Crippen LogP contribution in [0.1, 0.15) is 13.3 Å². The first-order valence-corrected chi connectivity index (χ1v) is 5.95. The first-order chi connectivity index (χ1) is 9.13. The molecule has 5 heteroatoms. The third kappa shape index (κ3) is 2.70. The van der Waals surface area contributed by atoms with E-state index in [4.69, 9.17) is 4.74 Å². The van der Waals surface area contributed by atoms with Crippen molar-refractivity contribution in [2.75, 3.05) is 0 Å². The Morgan fingerprint density at radius 2 is 1.74 bits per heavy atom. The van der Waals surface area contributed by atoms with Gasteiger partial charge in [0.05, 0.1) is 0 Å². The molecule has 0 aromatic heterocycles. The Morgan fingerprint density at radius 3 is 2.26 bits per heavy atom. The number of carbonyl (C=O) groups excluding carboxylic acids is 3. The maximum atomic E-state index is 12.0. The predicted octanol–water partition coefficient (Wildman–Crippen LogP) is 1.30. The van der Waals surface area contributed by atoms with Crippen LogP contribution in [0, 0.1) is 0 Å². The maximum absolute atomic E-state index is 12.0. The molecule has 0 radical (unpaired) electrons. The second-order valence-electron chi connectivity index (χ2n) is 4.04. The van der Waals surface area contributed by atoms with Crippen LogP contribution in [0.2, 0.25) is 0 Å². The average Bonchev–Trinajstić information content (AvgIpc) is 2.73. The molecular weight excluding hydrogens is 246 g/mol. The van der Waals surface area contributed by atoms with Gasteiger partial charge in [-0.2, -0.15) is 0 Å². The molecule has 5 nitrogen and oxygen atoms in total. The lowest BCUT2D eigenvalue weighted by Gasteiger charge is -2.23. The summed E-state index contributed by atoms with van der Waals surface area (Å²) >= 11 is 0. The summed E-state index contributed by atoms with van der Waals surface area (Å²) in [6.45, 7) is 1.72. The van der Waals surface area contributed by atoms with Gasteiger partial charge in [0, 0.05) is 12.2 Å². The molecule has 1 aliphatic rings. The molecule has 0 bridgehead atoms. The zero-order chi connectivity index (χ0) is 13.8. The number of benzene rings is 1. The van der Waals surface area contributed by atoms with Crippen LogP contribution in [0.4, 0.5) is 0 Å². The van der Waals surface area contributed by atoms with E-state index >= 15 is 0 Å². The molecule has 1 aromatic rings. The van der Waals surface area contributed by atoms with Crippen molar-refractivity contribution in [2.45, 2.75) is 19.4 Å². The SMILES string of the molecule is CCC(C(=O)Oc1ccccc1)N1C(=O)C=CC1=O. The average molecular weight is 259 g/mol. The van der Waals surface area contributed by atoms with Gasteiger partial charge in [-0.05, 0) is 18.6 Å². The minimum Gasteiger partial charge on any atom is -0.425 e. The van der Waals surface area contributed by atoms with Crippen molar-refractivity contribution in [1.82, 2.24) is 4.90 Å². The van der Waals surface area contributed by atoms with E-state index in [1.54, 1.807) is 37.3 Å². The number of amides is 2. The van der Waals surface area contributed by atoms with Gasteiger partial charge in [0.25, 0.3) is 11.8 Å². The highest BCUT2D eigenvalue weighted by Crippen LogP contribution is 2.16. The van der Waals surface area contributed by atoms with E-state index in [1.807, 2.05) is 0 Å². The number of hydrogen-bond acceptors (Lipinski definition) is 4. The largest absolute Gasteiger partial charge is 0.425 e. The fraction of sp³-hybridized carbons (Fsp3) is 0.214. The number of rotatable bonds is 4. The zero-order valence-corrected chi connectivity index (χ0v) is 10.4. The van der Waals surface area contributed by atoms with Crippen molar-refractivity contribution in [1.29, 1.82) is 0 Å². The molecule has 0 N–H and O–H groups in total. The van der Waals surface area contributed by atoms with Gasteiger partial charge in [-0.25, -0.2) is 4.79 Å². The highest BCUT2D eigenvalue weighted by molar-refractivity contribution is 6.14. The van der Waals surface area contributed by atoms with E-state index in [2.05, 4.69) is 0 Å². The Hall–Kier alpha value is -2.43. The van der Waals surface area contributed by atoms with Gasteiger partial charge >= 0.3 is 5.97 Å². The molecule has 0 spiro atoms. The smallest absolute Gasteiger partial charge is 0.334 e. The summed E-state index contributed by atoms with van der Waals surface area (Å²) in [4.78, 5) is 36.1. The van der Waals surface area contributed by atoms with E-state index in [1.165, 1.54) is 0 Å². The summed E-state index contributed by atoms with van der Waals surface area (Å²) in [5.41, 5.74) is 0. The number of esters is 1. The number of ether oxygens (including phenoxy) is 1. The number of imide groups is 1. The number of carbonyl (C=O) groups is 3. The standard InChI is InChI=1S/C14H13NO4/c1-2-11(15-12(16)8-9-13(15)17)14(18)19-10-6-4-3-5-7-10/h3-9,11H,2H2,1H3. The summed E-state index contributed by atoms with van der Waals surface area (Å²) < 4.78 is 5.16. The van der Waals surface area contributed by atoms with Crippen molar-refractivity contribution >= 4 is 17.8 Å². The third-order valence-electron chi connectivity index (χ3n) is 2.78. The van der Waals surface area contributed by atoms with Gasteiger partial charge in [-0.15, -0.1) is 0 Å². The summed E-state index contributed by atoms with van der Waals surface area (Å²) in [5, 5.41) is 0. The third-order valence-corrected chi connectivity index (χ3v) is 2.78. The van der Waals surface area contributed by atoms with E-state index < -0.39 is 23.8 Å². The number of hydrogen-bond donors (Lipinski definition) is 0. The van der Waals surface area contributed by atoms with Crippen molar-refractivity contribution in [2.24, 2.45) is 0 Å². The molecule has 1 aliphatic heterocycles. The van der Waals surface area contributed by atoms with Crippen LogP contribution in [0.25, 0.3) is 0 Å². The molecular formula is C14H13NO4. The Balaban J connectivity index is 2.12. The topological polar surface area (TPSA) is 63.7 Å². The molecule has 1 atom stereocenters. The van der Waals surface area contributed by atoms with Crippen LogP contribution in [0.5, 0.6) is 5.75 Å². The van der Waals surface area contributed by atoms with Gasteiger partial charge in [0.2, 0.25) is 0 Å². The lowest BCUT2D eigenvalue weighted by Crippen LogP contribution is -2.46. The second-order valence-corrected chi connectivity index (χ2v) is 4.04. The molecule has 1 heterocycles. The van der Waals surface area contributed by atoms with Gasteiger partial charge in [0.15, 0.2) is 0 Å². The molecule has 2 rings (SSSR count). The lowest BCUT2D eigenvalue weighted by molar-refractivity contribution is -0.151. The van der Waals surface area contributed by atoms with Gasteiger partial charge in [0.1, 0.15) is 11.8 Å². The van der Waals surface area contributed by atoms with E-state index in [0.29, 0.717) is 12.2 Å². The number of nitrogens with zero attached hydrogens (tertiary/aromatic N) is 1. The Kier molecular flexibility index (Phi) is 3.75. The fourth-order valence-corrected chi connectivity index (χ4v) is 1.85. The minimum absolute atomic E-state index is 0.310. The first kappa shape index (κ1) is 13.0. The molecule has 19 heavy (non-hydrogen) atoms. The summed E-state index contributed by atoms with van der Waals surface area (Å²) in [6.07, 6.45) is 2.62. The van der Waals surface area contributed by atoms with E-state index in [9.17, 15) is 14.4 Å². The minimum atomic E-state index is -0.893. The monoisotopic (exact) mass is 259 g/mol. The molecule has 0 fully saturated rings. The van der Waals surface area contributed by atoms with Crippen LogP contribution >= 0.6 is 0 Å². The van der Waals surface area contributed by atoms with Crippen molar-refractivity contribution in [3.63, 3.8) is 0 Å². The molecule has 1 aromatic carbocycles. The number of para-hydroxylation sites is 1. The van der Waals surface area contributed by atoms with Crippen molar-refractivity contribution in [3.8, 4) is 5.75 Å². The Morgan fingerprint density at radius 1 is 1.16 bits per heavy atom.